The van der Waals surface area contributed by atoms with E-state index < -0.39 is 0 Å². The lowest BCUT2D eigenvalue weighted by Gasteiger charge is -1.95. The van der Waals surface area contributed by atoms with Crippen LogP contribution in [0.1, 0.15) is 11.3 Å². The zero-order valence-corrected chi connectivity index (χ0v) is 8.43. The van der Waals surface area contributed by atoms with Gasteiger partial charge in [-0.1, -0.05) is 28.9 Å². The van der Waals surface area contributed by atoms with Gasteiger partial charge in [-0.15, -0.1) is 0 Å². The highest BCUT2D eigenvalue weighted by molar-refractivity contribution is 5.60. The Morgan fingerprint density at radius 3 is 3.00 bits per heavy atom. The number of aldehydes is 1. The predicted molar refractivity (Wildman–Crippen MR) is 56.4 cm³/mol. The number of rotatable bonds is 3. The topological polar surface area (TPSA) is 43.1 Å². The SMILES string of the molecule is Cc1cccc(-c2cc(CC=O)no2)c1. The molecule has 0 aliphatic rings. The van der Waals surface area contributed by atoms with Crippen molar-refractivity contribution in [3.05, 3.63) is 41.6 Å². The molecule has 0 radical (unpaired) electrons. The second-order valence-electron chi connectivity index (χ2n) is 3.42. The number of benzene rings is 1. The van der Waals surface area contributed by atoms with Crippen molar-refractivity contribution < 1.29 is 9.32 Å². The van der Waals surface area contributed by atoms with Gasteiger partial charge in [-0.2, -0.15) is 0 Å². The summed E-state index contributed by atoms with van der Waals surface area (Å²) in [5, 5.41) is 3.81. The van der Waals surface area contributed by atoms with Crippen LogP contribution in [0.25, 0.3) is 11.3 Å². The summed E-state index contributed by atoms with van der Waals surface area (Å²) in [6.07, 6.45) is 1.12. The Balaban J connectivity index is 2.32. The van der Waals surface area contributed by atoms with Crippen LogP contribution in [0.4, 0.5) is 0 Å². The zero-order chi connectivity index (χ0) is 10.7. The molecule has 0 saturated heterocycles. The number of carbonyl (C=O) groups excluding carboxylic acids is 1. The van der Waals surface area contributed by atoms with E-state index in [-0.39, 0.29) is 0 Å². The Kier molecular flexibility index (Phi) is 2.63. The van der Waals surface area contributed by atoms with Crippen LogP contribution in [0.15, 0.2) is 34.9 Å². The maximum absolute atomic E-state index is 10.3. The molecule has 0 saturated carbocycles. The Bertz CT molecular complexity index is 474. The van der Waals surface area contributed by atoms with Crippen molar-refractivity contribution in [2.24, 2.45) is 0 Å². The van der Waals surface area contributed by atoms with E-state index in [9.17, 15) is 4.79 Å². The third-order valence-corrected chi connectivity index (χ3v) is 2.15. The first-order valence-electron chi connectivity index (χ1n) is 4.76. The monoisotopic (exact) mass is 201 g/mol. The van der Waals surface area contributed by atoms with Gasteiger partial charge in [0.1, 0.15) is 6.29 Å². The van der Waals surface area contributed by atoms with E-state index in [1.165, 1.54) is 5.56 Å². The molecule has 3 heteroatoms. The molecular formula is C12H11NO2. The molecule has 0 spiro atoms. The van der Waals surface area contributed by atoms with Crippen molar-refractivity contribution in [3.63, 3.8) is 0 Å². The Labute approximate surface area is 87.7 Å². The molecule has 0 fully saturated rings. The van der Waals surface area contributed by atoms with Gasteiger partial charge in [0.2, 0.25) is 0 Å². The summed E-state index contributed by atoms with van der Waals surface area (Å²) >= 11 is 0. The van der Waals surface area contributed by atoms with Gasteiger partial charge in [0.15, 0.2) is 5.76 Å². The van der Waals surface area contributed by atoms with Gasteiger partial charge in [0, 0.05) is 18.1 Å². The van der Waals surface area contributed by atoms with Crippen molar-refractivity contribution in [1.82, 2.24) is 5.16 Å². The largest absolute Gasteiger partial charge is 0.356 e. The summed E-state index contributed by atoms with van der Waals surface area (Å²) in [6.45, 7) is 2.02. The number of carbonyl (C=O) groups is 1. The number of aromatic nitrogens is 1. The fraction of sp³-hybridized carbons (Fsp3) is 0.167. The third kappa shape index (κ3) is 2.13. The normalized spacial score (nSPS) is 10.2. The van der Waals surface area contributed by atoms with Crippen LogP contribution >= 0.6 is 0 Å². The van der Waals surface area contributed by atoms with Gasteiger partial charge in [-0.05, 0) is 13.0 Å². The molecule has 1 aromatic carbocycles. The Morgan fingerprint density at radius 1 is 1.40 bits per heavy atom. The predicted octanol–water partition coefficient (Wildman–Crippen LogP) is 2.39. The molecule has 2 aromatic rings. The summed E-state index contributed by atoms with van der Waals surface area (Å²) < 4.78 is 5.15. The minimum Gasteiger partial charge on any atom is -0.356 e. The lowest BCUT2D eigenvalue weighted by molar-refractivity contribution is -0.107. The van der Waals surface area contributed by atoms with E-state index in [1.54, 1.807) is 6.07 Å². The van der Waals surface area contributed by atoms with Crippen LogP contribution in [-0.4, -0.2) is 11.4 Å². The molecule has 2 rings (SSSR count). The van der Waals surface area contributed by atoms with E-state index in [4.69, 9.17) is 4.52 Å². The molecule has 0 bridgehead atoms. The summed E-state index contributed by atoms with van der Waals surface area (Å²) in [7, 11) is 0. The Hall–Kier alpha value is -1.90. The summed E-state index contributed by atoms with van der Waals surface area (Å²) in [5.74, 6) is 0.704. The van der Waals surface area contributed by atoms with Crippen molar-refractivity contribution in [2.75, 3.05) is 0 Å². The molecule has 3 nitrogen and oxygen atoms in total. The lowest BCUT2D eigenvalue weighted by Crippen LogP contribution is -1.82. The first-order chi connectivity index (χ1) is 7.29. The minimum absolute atomic E-state index is 0.301. The fourth-order valence-electron chi connectivity index (χ4n) is 1.43. The van der Waals surface area contributed by atoms with Crippen LogP contribution in [0.3, 0.4) is 0 Å². The Morgan fingerprint density at radius 2 is 2.27 bits per heavy atom. The minimum atomic E-state index is 0.301. The van der Waals surface area contributed by atoms with Crippen molar-refractivity contribution in [3.8, 4) is 11.3 Å². The van der Waals surface area contributed by atoms with E-state index in [2.05, 4.69) is 5.16 Å². The van der Waals surface area contributed by atoms with Crippen LogP contribution < -0.4 is 0 Å². The first-order valence-corrected chi connectivity index (χ1v) is 4.76. The molecule has 0 aliphatic carbocycles. The van der Waals surface area contributed by atoms with Crippen LogP contribution in [0.5, 0.6) is 0 Å². The van der Waals surface area contributed by atoms with E-state index in [1.807, 2.05) is 31.2 Å². The van der Waals surface area contributed by atoms with E-state index in [0.29, 0.717) is 17.9 Å². The van der Waals surface area contributed by atoms with Crippen LogP contribution in [-0.2, 0) is 11.2 Å². The second kappa shape index (κ2) is 4.09. The highest BCUT2D eigenvalue weighted by atomic mass is 16.5. The van der Waals surface area contributed by atoms with Crippen LogP contribution in [0.2, 0.25) is 0 Å². The van der Waals surface area contributed by atoms with Gasteiger partial charge in [0.05, 0.1) is 5.69 Å². The van der Waals surface area contributed by atoms with Crippen molar-refractivity contribution >= 4 is 6.29 Å². The average molecular weight is 201 g/mol. The first kappa shape index (κ1) is 9.65. The molecule has 76 valence electrons. The van der Waals surface area contributed by atoms with Gasteiger partial charge in [0.25, 0.3) is 0 Å². The zero-order valence-electron chi connectivity index (χ0n) is 8.43. The molecule has 0 aliphatic heterocycles. The number of hydrogen-bond acceptors (Lipinski definition) is 3. The summed E-state index contributed by atoms with van der Waals surface area (Å²) in [4.78, 5) is 10.3. The summed E-state index contributed by atoms with van der Waals surface area (Å²) in [6, 6.07) is 9.76. The molecule has 0 N–H and O–H groups in total. The molecule has 0 atom stereocenters. The molecule has 0 unspecified atom stereocenters. The molecule has 1 heterocycles. The smallest absolute Gasteiger partial charge is 0.167 e. The molecule has 15 heavy (non-hydrogen) atoms. The number of nitrogens with zero attached hydrogens (tertiary/aromatic N) is 1. The van der Waals surface area contributed by atoms with Gasteiger partial charge < -0.3 is 9.32 Å². The van der Waals surface area contributed by atoms with Crippen molar-refractivity contribution in [2.45, 2.75) is 13.3 Å². The highest BCUT2D eigenvalue weighted by Gasteiger charge is 2.05. The maximum atomic E-state index is 10.3. The van der Waals surface area contributed by atoms with E-state index >= 15 is 0 Å². The molecular weight excluding hydrogens is 190 g/mol. The standard InChI is InChI=1S/C12H11NO2/c1-9-3-2-4-10(7-9)12-8-11(5-6-14)13-15-12/h2-4,6-8H,5H2,1H3. The third-order valence-electron chi connectivity index (χ3n) is 2.15. The highest BCUT2D eigenvalue weighted by Crippen LogP contribution is 2.21. The van der Waals surface area contributed by atoms with E-state index in [0.717, 1.165) is 11.8 Å². The average Bonchev–Trinajstić information content (AvgIpc) is 2.67. The van der Waals surface area contributed by atoms with Gasteiger partial charge >= 0.3 is 0 Å². The number of hydrogen-bond donors (Lipinski definition) is 0. The second-order valence-corrected chi connectivity index (χ2v) is 3.42. The summed E-state index contributed by atoms with van der Waals surface area (Å²) in [5.41, 5.74) is 2.82. The van der Waals surface area contributed by atoms with Crippen LogP contribution in [0, 0.1) is 6.92 Å². The molecule has 1 aromatic heterocycles. The van der Waals surface area contributed by atoms with Crippen molar-refractivity contribution in [1.29, 1.82) is 0 Å². The fourth-order valence-corrected chi connectivity index (χ4v) is 1.43. The maximum Gasteiger partial charge on any atom is 0.167 e. The quantitative estimate of drug-likeness (QED) is 0.716. The molecule has 0 amide bonds. The van der Waals surface area contributed by atoms with Gasteiger partial charge in [-0.25, -0.2) is 0 Å². The number of aryl methyl sites for hydroxylation is 1. The van der Waals surface area contributed by atoms with Gasteiger partial charge in [-0.3, -0.25) is 0 Å². The lowest BCUT2D eigenvalue weighted by atomic mass is 10.1.